The molecule has 0 aliphatic carbocycles. The number of carboxylic acids is 1. The van der Waals surface area contributed by atoms with Crippen LogP contribution in [0.2, 0.25) is 5.02 Å². The largest absolute Gasteiger partial charge is 0.478 e. The lowest BCUT2D eigenvalue weighted by Crippen LogP contribution is -2.20. The van der Waals surface area contributed by atoms with Crippen LogP contribution in [0, 0.1) is 0 Å². The Hall–Kier alpha value is -2.34. The first-order valence-electron chi connectivity index (χ1n) is 4.87. The molecule has 0 aliphatic rings. The molecule has 0 spiro atoms. The molecular formula is C11H8ClN3O3. The van der Waals surface area contributed by atoms with Gasteiger partial charge in [0.1, 0.15) is 11.3 Å². The molecule has 0 unspecified atom stereocenters. The molecule has 6 nitrogen and oxygen atoms in total. The molecule has 2 rings (SSSR count). The lowest BCUT2D eigenvalue weighted by Gasteiger charge is -2.05. The zero-order valence-electron chi connectivity index (χ0n) is 9.00. The van der Waals surface area contributed by atoms with Crippen LogP contribution in [0.4, 0.5) is 0 Å². The summed E-state index contributed by atoms with van der Waals surface area (Å²) >= 11 is 5.74. The van der Waals surface area contributed by atoms with Gasteiger partial charge >= 0.3 is 5.97 Å². The van der Waals surface area contributed by atoms with E-state index in [9.17, 15) is 9.59 Å². The van der Waals surface area contributed by atoms with E-state index in [0.717, 1.165) is 6.20 Å². The quantitative estimate of drug-likeness (QED) is 0.874. The number of carbonyl (C=O) groups is 2. The monoisotopic (exact) mass is 265 g/mol. The SMILES string of the molecule is NC(=O)c1c(C(=O)O)cnn1-c1ccc(Cl)cc1. The van der Waals surface area contributed by atoms with Crippen molar-refractivity contribution in [2.75, 3.05) is 0 Å². The van der Waals surface area contributed by atoms with Crippen molar-refractivity contribution < 1.29 is 14.7 Å². The van der Waals surface area contributed by atoms with Gasteiger partial charge in [-0.25, -0.2) is 9.48 Å². The summed E-state index contributed by atoms with van der Waals surface area (Å²) in [6, 6.07) is 6.41. The molecule has 92 valence electrons. The van der Waals surface area contributed by atoms with Crippen molar-refractivity contribution in [1.29, 1.82) is 0 Å². The second-order valence-electron chi connectivity index (χ2n) is 3.46. The average molecular weight is 266 g/mol. The third kappa shape index (κ3) is 2.05. The van der Waals surface area contributed by atoms with Crippen molar-refractivity contribution in [1.82, 2.24) is 9.78 Å². The minimum Gasteiger partial charge on any atom is -0.478 e. The third-order valence-corrected chi connectivity index (χ3v) is 2.56. The summed E-state index contributed by atoms with van der Waals surface area (Å²) < 4.78 is 1.17. The van der Waals surface area contributed by atoms with E-state index in [1.165, 1.54) is 4.68 Å². The Morgan fingerprint density at radius 2 is 1.89 bits per heavy atom. The Morgan fingerprint density at radius 1 is 1.28 bits per heavy atom. The summed E-state index contributed by atoms with van der Waals surface area (Å²) in [7, 11) is 0. The number of aromatic nitrogens is 2. The van der Waals surface area contributed by atoms with E-state index in [2.05, 4.69) is 5.10 Å². The van der Waals surface area contributed by atoms with Crippen molar-refractivity contribution in [3.63, 3.8) is 0 Å². The number of nitrogens with zero attached hydrogens (tertiary/aromatic N) is 2. The van der Waals surface area contributed by atoms with Crippen molar-refractivity contribution >= 4 is 23.5 Å². The Bertz CT molecular complexity index is 619. The predicted molar refractivity (Wildman–Crippen MR) is 64.1 cm³/mol. The van der Waals surface area contributed by atoms with Crippen molar-refractivity contribution in [2.45, 2.75) is 0 Å². The van der Waals surface area contributed by atoms with Crippen LogP contribution in [0.15, 0.2) is 30.5 Å². The molecule has 18 heavy (non-hydrogen) atoms. The Labute approximate surface area is 107 Å². The van der Waals surface area contributed by atoms with Crippen molar-refractivity contribution in [2.24, 2.45) is 5.73 Å². The minimum absolute atomic E-state index is 0.176. The highest BCUT2D eigenvalue weighted by molar-refractivity contribution is 6.30. The van der Waals surface area contributed by atoms with Gasteiger partial charge in [-0.1, -0.05) is 11.6 Å². The van der Waals surface area contributed by atoms with E-state index in [1.54, 1.807) is 24.3 Å². The number of rotatable bonds is 3. The fourth-order valence-corrected chi connectivity index (χ4v) is 1.65. The second kappa shape index (κ2) is 4.50. The molecule has 0 radical (unpaired) electrons. The molecule has 7 heteroatoms. The first-order valence-corrected chi connectivity index (χ1v) is 5.25. The standard InChI is InChI=1S/C11H8ClN3O3/c12-6-1-3-7(4-2-6)15-9(10(13)16)8(5-14-15)11(17)18/h1-5H,(H2,13,16)(H,17,18). The summed E-state index contributed by atoms with van der Waals surface area (Å²) in [5, 5.41) is 13.3. The third-order valence-electron chi connectivity index (χ3n) is 2.30. The topological polar surface area (TPSA) is 98.2 Å². The van der Waals surface area contributed by atoms with Gasteiger partial charge in [0.2, 0.25) is 0 Å². The molecule has 2 aromatic rings. The molecule has 0 saturated carbocycles. The zero-order chi connectivity index (χ0) is 13.3. The molecule has 1 aromatic carbocycles. The van der Waals surface area contributed by atoms with Crippen molar-refractivity contribution in [3.8, 4) is 5.69 Å². The molecule has 3 N–H and O–H groups in total. The van der Waals surface area contributed by atoms with Crippen LogP contribution < -0.4 is 5.73 Å². The highest BCUT2D eigenvalue weighted by Crippen LogP contribution is 2.17. The Balaban J connectivity index is 2.61. The summed E-state index contributed by atoms with van der Waals surface area (Å²) in [4.78, 5) is 22.3. The minimum atomic E-state index is -1.26. The number of hydrogen-bond donors (Lipinski definition) is 2. The maximum absolute atomic E-state index is 11.3. The van der Waals surface area contributed by atoms with Gasteiger partial charge in [-0.2, -0.15) is 5.10 Å². The average Bonchev–Trinajstić information content (AvgIpc) is 2.74. The number of carbonyl (C=O) groups excluding carboxylic acids is 1. The summed E-state index contributed by atoms with van der Waals surface area (Å²) in [5.41, 5.74) is 5.26. The predicted octanol–water partition coefficient (Wildman–Crippen LogP) is 1.32. The number of primary amides is 1. The fourth-order valence-electron chi connectivity index (χ4n) is 1.52. The van der Waals surface area contributed by atoms with Crippen LogP contribution in [0.1, 0.15) is 20.8 Å². The van der Waals surface area contributed by atoms with Gasteiger partial charge in [0.05, 0.1) is 11.9 Å². The number of nitrogens with two attached hydrogens (primary N) is 1. The van der Waals surface area contributed by atoms with E-state index in [1.807, 2.05) is 0 Å². The van der Waals surface area contributed by atoms with Gasteiger partial charge < -0.3 is 10.8 Å². The molecule has 0 saturated heterocycles. The van der Waals surface area contributed by atoms with Crippen LogP contribution >= 0.6 is 11.6 Å². The van der Waals surface area contributed by atoms with Gasteiger partial charge in [-0.15, -0.1) is 0 Å². The van der Waals surface area contributed by atoms with Crippen LogP contribution in [0.25, 0.3) is 5.69 Å². The summed E-state index contributed by atoms with van der Waals surface area (Å²) in [6.07, 6.45) is 1.08. The van der Waals surface area contributed by atoms with Gasteiger partial charge in [-0.3, -0.25) is 4.79 Å². The smallest absolute Gasteiger partial charge is 0.339 e. The fraction of sp³-hybridized carbons (Fsp3) is 0. The van der Waals surface area contributed by atoms with Gasteiger partial charge in [0, 0.05) is 5.02 Å². The Kier molecular flexibility index (Phi) is 3.03. The number of benzene rings is 1. The van der Waals surface area contributed by atoms with Crippen LogP contribution in [0.3, 0.4) is 0 Å². The number of amides is 1. The number of aromatic carboxylic acids is 1. The van der Waals surface area contributed by atoms with Gasteiger partial charge in [0.15, 0.2) is 0 Å². The van der Waals surface area contributed by atoms with E-state index >= 15 is 0 Å². The molecule has 0 atom stereocenters. The van der Waals surface area contributed by atoms with E-state index < -0.39 is 11.9 Å². The van der Waals surface area contributed by atoms with E-state index in [-0.39, 0.29) is 11.3 Å². The Morgan fingerprint density at radius 3 is 2.39 bits per heavy atom. The maximum atomic E-state index is 11.3. The highest BCUT2D eigenvalue weighted by atomic mass is 35.5. The van der Waals surface area contributed by atoms with E-state index in [4.69, 9.17) is 22.4 Å². The second-order valence-corrected chi connectivity index (χ2v) is 3.90. The molecule has 1 heterocycles. The molecule has 1 aromatic heterocycles. The molecular weight excluding hydrogens is 258 g/mol. The van der Waals surface area contributed by atoms with Gasteiger partial charge in [0.25, 0.3) is 5.91 Å². The lowest BCUT2D eigenvalue weighted by atomic mass is 10.2. The molecule has 0 aliphatic heterocycles. The molecule has 1 amide bonds. The summed E-state index contributed by atoms with van der Waals surface area (Å²) in [6.45, 7) is 0. The van der Waals surface area contributed by atoms with Crippen LogP contribution in [-0.2, 0) is 0 Å². The first-order chi connectivity index (χ1) is 8.50. The molecule has 0 bridgehead atoms. The maximum Gasteiger partial charge on any atom is 0.339 e. The highest BCUT2D eigenvalue weighted by Gasteiger charge is 2.21. The van der Waals surface area contributed by atoms with Crippen molar-refractivity contribution in [3.05, 3.63) is 46.7 Å². The first kappa shape index (κ1) is 12.1. The number of carboxylic acid groups (broad SMARTS) is 1. The molecule has 0 fully saturated rings. The van der Waals surface area contributed by atoms with Gasteiger partial charge in [-0.05, 0) is 24.3 Å². The normalized spacial score (nSPS) is 10.3. The number of halogens is 1. The lowest BCUT2D eigenvalue weighted by molar-refractivity contribution is 0.0692. The van der Waals surface area contributed by atoms with Crippen LogP contribution in [-0.4, -0.2) is 26.8 Å². The van der Waals surface area contributed by atoms with E-state index in [0.29, 0.717) is 10.7 Å². The number of hydrogen-bond acceptors (Lipinski definition) is 3. The zero-order valence-corrected chi connectivity index (χ0v) is 9.76. The van der Waals surface area contributed by atoms with Crippen LogP contribution in [0.5, 0.6) is 0 Å². The summed E-state index contributed by atoms with van der Waals surface area (Å²) in [5.74, 6) is -2.12.